The van der Waals surface area contributed by atoms with Gasteiger partial charge in [-0.3, -0.25) is 14.5 Å². The Bertz CT molecular complexity index is 412. The number of hydrogen-bond donors (Lipinski definition) is 2. The van der Waals surface area contributed by atoms with Crippen molar-refractivity contribution in [1.82, 2.24) is 10.2 Å². The van der Waals surface area contributed by atoms with Crippen LogP contribution in [0.5, 0.6) is 0 Å². The third-order valence-corrected chi connectivity index (χ3v) is 2.98. The minimum absolute atomic E-state index is 0.0549. The highest BCUT2D eigenvalue weighted by molar-refractivity contribution is 6.20. The van der Waals surface area contributed by atoms with Crippen LogP contribution in [0.3, 0.4) is 0 Å². The van der Waals surface area contributed by atoms with E-state index in [0.29, 0.717) is 24.1 Å². The summed E-state index contributed by atoms with van der Waals surface area (Å²) in [6.07, 6.45) is 4.30. The number of aliphatic hydroxyl groups excluding tert-OH is 1. The Labute approximate surface area is 99.8 Å². The molecule has 0 bridgehead atoms. The molecule has 0 saturated heterocycles. The van der Waals surface area contributed by atoms with Gasteiger partial charge in [0.25, 0.3) is 11.8 Å². The predicted molar refractivity (Wildman–Crippen MR) is 62.1 cm³/mol. The molecule has 1 aliphatic carbocycles. The molecule has 0 aromatic rings. The lowest BCUT2D eigenvalue weighted by Gasteiger charge is -2.18. The Morgan fingerprint density at radius 2 is 2.24 bits per heavy atom. The van der Waals surface area contributed by atoms with E-state index < -0.39 is 6.10 Å². The number of β-amino-alcohol motifs (C(OH)–C–C–N with tert-alkyl or cyclic N) is 1. The molecule has 2 rings (SSSR count). The summed E-state index contributed by atoms with van der Waals surface area (Å²) in [4.78, 5) is 25.1. The van der Waals surface area contributed by atoms with E-state index >= 15 is 0 Å². The fraction of sp³-hybridized carbons (Fsp3) is 0.500. The number of carbonyl (C=O) groups is 2. The third kappa shape index (κ3) is 2.16. The van der Waals surface area contributed by atoms with Crippen molar-refractivity contribution in [3.05, 3.63) is 23.3 Å². The van der Waals surface area contributed by atoms with Crippen LogP contribution >= 0.6 is 0 Å². The molecule has 92 valence electrons. The summed E-state index contributed by atoms with van der Waals surface area (Å²) in [6, 6.07) is 0. The largest absolute Gasteiger partial charge is 0.390 e. The molecule has 0 aromatic heterocycles. The number of hydrogen-bond acceptors (Lipinski definition) is 4. The molecule has 0 fully saturated rings. The SMILES string of the molecule is CNC[C@@H](O)CN1C(=O)C2=C(CCC=C2)C1=O. The second kappa shape index (κ2) is 4.81. The third-order valence-electron chi connectivity index (χ3n) is 2.98. The van der Waals surface area contributed by atoms with Gasteiger partial charge in [0.05, 0.1) is 12.6 Å². The van der Waals surface area contributed by atoms with Gasteiger partial charge in [0.1, 0.15) is 0 Å². The van der Waals surface area contributed by atoms with Crippen LogP contribution in [0.15, 0.2) is 23.3 Å². The van der Waals surface area contributed by atoms with Gasteiger partial charge in [-0.2, -0.15) is 0 Å². The molecular weight excluding hydrogens is 220 g/mol. The van der Waals surface area contributed by atoms with Crippen molar-refractivity contribution in [2.45, 2.75) is 18.9 Å². The van der Waals surface area contributed by atoms with Crippen LogP contribution in [0.4, 0.5) is 0 Å². The molecule has 0 unspecified atom stereocenters. The molecule has 0 spiro atoms. The van der Waals surface area contributed by atoms with Gasteiger partial charge in [-0.25, -0.2) is 0 Å². The van der Waals surface area contributed by atoms with Crippen molar-refractivity contribution in [2.24, 2.45) is 0 Å². The molecule has 17 heavy (non-hydrogen) atoms. The minimum Gasteiger partial charge on any atom is -0.390 e. The fourth-order valence-corrected chi connectivity index (χ4v) is 2.16. The molecule has 2 amide bonds. The van der Waals surface area contributed by atoms with Gasteiger partial charge in [0, 0.05) is 17.7 Å². The van der Waals surface area contributed by atoms with Crippen LogP contribution < -0.4 is 5.32 Å². The van der Waals surface area contributed by atoms with Crippen molar-refractivity contribution in [3.8, 4) is 0 Å². The maximum Gasteiger partial charge on any atom is 0.261 e. The fourth-order valence-electron chi connectivity index (χ4n) is 2.16. The number of imide groups is 1. The molecule has 0 aromatic carbocycles. The number of rotatable bonds is 4. The number of likely N-dealkylation sites (N-methyl/N-ethyl adjacent to an activating group) is 1. The number of nitrogens with one attached hydrogen (secondary N) is 1. The summed E-state index contributed by atoms with van der Waals surface area (Å²) < 4.78 is 0. The second-order valence-corrected chi connectivity index (χ2v) is 4.27. The monoisotopic (exact) mass is 236 g/mol. The van der Waals surface area contributed by atoms with Crippen LogP contribution in [0.1, 0.15) is 12.8 Å². The van der Waals surface area contributed by atoms with E-state index in [4.69, 9.17) is 0 Å². The molecule has 1 heterocycles. The first kappa shape index (κ1) is 12.0. The lowest BCUT2D eigenvalue weighted by molar-refractivity contribution is -0.139. The van der Waals surface area contributed by atoms with Gasteiger partial charge in [-0.1, -0.05) is 12.2 Å². The Morgan fingerprint density at radius 1 is 1.47 bits per heavy atom. The predicted octanol–water partition coefficient (Wildman–Crippen LogP) is -0.418. The summed E-state index contributed by atoms with van der Waals surface area (Å²) in [5.41, 5.74) is 1.09. The first-order valence-corrected chi connectivity index (χ1v) is 5.73. The van der Waals surface area contributed by atoms with Crippen molar-refractivity contribution in [2.75, 3.05) is 20.1 Å². The first-order chi connectivity index (χ1) is 8.15. The molecule has 0 radical (unpaired) electrons. The van der Waals surface area contributed by atoms with Crippen molar-refractivity contribution >= 4 is 11.8 Å². The van der Waals surface area contributed by atoms with Crippen LogP contribution in [-0.2, 0) is 9.59 Å². The number of amides is 2. The quantitative estimate of drug-likeness (QED) is 0.651. The molecule has 1 aliphatic heterocycles. The van der Waals surface area contributed by atoms with E-state index in [1.807, 2.05) is 6.08 Å². The number of carbonyl (C=O) groups excluding carboxylic acids is 2. The van der Waals surface area contributed by atoms with Crippen LogP contribution in [0.2, 0.25) is 0 Å². The van der Waals surface area contributed by atoms with E-state index in [9.17, 15) is 14.7 Å². The van der Waals surface area contributed by atoms with Crippen molar-refractivity contribution in [1.29, 1.82) is 0 Å². The molecule has 2 N–H and O–H groups in total. The second-order valence-electron chi connectivity index (χ2n) is 4.27. The van der Waals surface area contributed by atoms with E-state index in [2.05, 4.69) is 5.32 Å². The van der Waals surface area contributed by atoms with Gasteiger partial charge in [0.2, 0.25) is 0 Å². The normalized spacial score (nSPS) is 21.2. The number of allylic oxidation sites excluding steroid dienone is 1. The highest BCUT2D eigenvalue weighted by atomic mass is 16.3. The Morgan fingerprint density at radius 3 is 2.88 bits per heavy atom. The number of nitrogens with zero attached hydrogens (tertiary/aromatic N) is 1. The summed E-state index contributed by atoms with van der Waals surface area (Å²) in [6.45, 7) is 0.414. The van der Waals surface area contributed by atoms with Crippen molar-refractivity contribution < 1.29 is 14.7 Å². The van der Waals surface area contributed by atoms with E-state index in [1.165, 1.54) is 0 Å². The highest BCUT2D eigenvalue weighted by Gasteiger charge is 2.37. The average molecular weight is 236 g/mol. The summed E-state index contributed by atoms with van der Waals surface area (Å²) >= 11 is 0. The smallest absolute Gasteiger partial charge is 0.261 e. The van der Waals surface area contributed by atoms with Gasteiger partial charge in [-0.15, -0.1) is 0 Å². The Hall–Kier alpha value is -1.46. The van der Waals surface area contributed by atoms with Crippen LogP contribution in [0.25, 0.3) is 0 Å². The molecule has 2 aliphatic rings. The standard InChI is InChI=1S/C12H16N2O3/c1-13-6-8(15)7-14-11(16)9-4-2-3-5-10(9)12(14)17/h2,4,8,13,15H,3,5-7H2,1H3/t8-/m1/s1. The number of aliphatic hydroxyl groups is 1. The summed E-state index contributed by atoms with van der Waals surface area (Å²) in [7, 11) is 1.71. The van der Waals surface area contributed by atoms with Gasteiger partial charge >= 0.3 is 0 Å². The molecule has 5 nitrogen and oxygen atoms in total. The van der Waals surface area contributed by atoms with Crippen LogP contribution in [-0.4, -0.2) is 48.1 Å². The lowest BCUT2D eigenvalue weighted by atomic mass is 10.00. The molecule has 0 saturated carbocycles. The van der Waals surface area contributed by atoms with Gasteiger partial charge < -0.3 is 10.4 Å². The van der Waals surface area contributed by atoms with Crippen molar-refractivity contribution in [3.63, 3.8) is 0 Å². The maximum absolute atomic E-state index is 12.0. The molecule has 5 heteroatoms. The highest BCUT2D eigenvalue weighted by Crippen LogP contribution is 2.28. The Kier molecular flexibility index (Phi) is 3.40. The Balaban J connectivity index is 2.11. The zero-order chi connectivity index (χ0) is 12.4. The maximum atomic E-state index is 12.0. The van der Waals surface area contributed by atoms with E-state index in [0.717, 1.165) is 11.3 Å². The van der Waals surface area contributed by atoms with Crippen LogP contribution in [0, 0.1) is 0 Å². The van der Waals surface area contributed by atoms with Gasteiger partial charge in [0.15, 0.2) is 0 Å². The molecule has 1 atom stereocenters. The minimum atomic E-state index is -0.724. The zero-order valence-electron chi connectivity index (χ0n) is 9.77. The molecular formula is C12H16N2O3. The average Bonchev–Trinajstić information content (AvgIpc) is 2.56. The van der Waals surface area contributed by atoms with Gasteiger partial charge in [-0.05, 0) is 19.9 Å². The summed E-state index contributed by atoms with van der Waals surface area (Å²) in [5, 5.41) is 12.4. The summed E-state index contributed by atoms with van der Waals surface area (Å²) in [5.74, 6) is -0.527. The zero-order valence-corrected chi connectivity index (χ0v) is 9.77. The lowest BCUT2D eigenvalue weighted by Crippen LogP contribution is -2.41. The van der Waals surface area contributed by atoms with E-state index in [-0.39, 0.29) is 18.4 Å². The topological polar surface area (TPSA) is 69.6 Å². The first-order valence-electron chi connectivity index (χ1n) is 5.73. The van der Waals surface area contributed by atoms with E-state index in [1.54, 1.807) is 13.1 Å².